The van der Waals surface area contributed by atoms with Crippen LogP contribution in [0.2, 0.25) is 0 Å². The molecule has 0 unspecified atom stereocenters. The summed E-state index contributed by atoms with van der Waals surface area (Å²) in [6, 6.07) is 19.5. The summed E-state index contributed by atoms with van der Waals surface area (Å²) < 4.78 is 29.0. The Morgan fingerprint density at radius 2 is 1.55 bits per heavy atom. The van der Waals surface area contributed by atoms with E-state index in [9.17, 15) is 23.2 Å². The van der Waals surface area contributed by atoms with E-state index in [1.54, 1.807) is 36.4 Å². The first-order chi connectivity index (χ1) is 15.9. The van der Waals surface area contributed by atoms with Gasteiger partial charge in [-0.2, -0.15) is 9.78 Å². The summed E-state index contributed by atoms with van der Waals surface area (Å²) >= 11 is 0. The SMILES string of the molecule is O=C(NCc1ccc(F)cc1)c1nn(-c2ccccc2)c(=O)n(Cc2ccccc2F)c1=O. The molecule has 9 heteroatoms. The number of hydrogen-bond acceptors (Lipinski definition) is 4. The molecule has 0 radical (unpaired) electrons. The van der Waals surface area contributed by atoms with Gasteiger partial charge in [0.1, 0.15) is 11.6 Å². The molecule has 1 N–H and O–H groups in total. The predicted octanol–water partition coefficient (Wildman–Crippen LogP) is 2.65. The Labute approximate surface area is 186 Å². The fourth-order valence-electron chi connectivity index (χ4n) is 3.20. The Morgan fingerprint density at radius 3 is 2.24 bits per heavy atom. The number of para-hydroxylation sites is 1. The summed E-state index contributed by atoms with van der Waals surface area (Å²) in [7, 11) is 0. The summed E-state index contributed by atoms with van der Waals surface area (Å²) in [5.74, 6) is -1.83. The number of nitrogens with one attached hydrogen (secondary N) is 1. The summed E-state index contributed by atoms with van der Waals surface area (Å²) in [6.07, 6.45) is 0. The molecule has 1 heterocycles. The molecule has 0 fully saturated rings. The molecular formula is C24H18F2N4O3. The molecule has 1 amide bonds. The number of nitrogens with zero attached hydrogens (tertiary/aromatic N) is 3. The van der Waals surface area contributed by atoms with Crippen LogP contribution in [0.3, 0.4) is 0 Å². The Kier molecular flexibility index (Phi) is 6.21. The molecule has 7 nitrogen and oxygen atoms in total. The van der Waals surface area contributed by atoms with Crippen LogP contribution in [0.5, 0.6) is 0 Å². The number of aromatic nitrogens is 3. The Hall–Kier alpha value is -4.40. The average molecular weight is 448 g/mol. The van der Waals surface area contributed by atoms with E-state index in [4.69, 9.17) is 0 Å². The normalized spacial score (nSPS) is 10.7. The van der Waals surface area contributed by atoms with E-state index >= 15 is 0 Å². The van der Waals surface area contributed by atoms with Gasteiger partial charge in [-0.3, -0.25) is 14.2 Å². The first-order valence-electron chi connectivity index (χ1n) is 9.99. The van der Waals surface area contributed by atoms with Gasteiger partial charge in [-0.1, -0.05) is 48.5 Å². The molecule has 166 valence electrons. The van der Waals surface area contributed by atoms with Gasteiger partial charge in [0.2, 0.25) is 5.69 Å². The second-order valence-electron chi connectivity index (χ2n) is 7.17. The fourth-order valence-corrected chi connectivity index (χ4v) is 3.20. The third-order valence-electron chi connectivity index (χ3n) is 4.93. The van der Waals surface area contributed by atoms with Crippen molar-refractivity contribution in [3.05, 3.63) is 128 Å². The van der Waals surface area contributed by atoms with E-state index < -0.39 is 34.5 Å². The second-order valence-corrected chi connectivity index (χ2v) is 7.17. The van der Waals surface area contributed by atoms with E-state index in [0.29, 0.717) is 11.3 Å². The molecule has 0 aliphatic carbocycles. The lowest BCUT2D eigenvalue weighted by molar-refractivity contribution is 0.0941. The summed E-state index contributed by atoms with van der Waals surface area (Å²) in [4.78, 5) is 38.9. The Bertz CT molecular complexity index is 1410. The minimum absolute atomic E-state index is 0.0119. The molecule has 4 rings (SSSR count). The molecule has 4 aromatic rings. The molecule has 0 aliphatic rings. The lowest BCUT2D eigenvalue weighted by Gasteiger charge is -2.13. The van der Waals surface area contributed by atoms with Crippen LogP contribution in [0.4, 0.5) is 8.78 Å². The van der Waals surface area contributed by atoms with Crippen molar-refractivity contribution in [3.63, 3.8) is 0 Å². The Morgan fingerprint density at radius 1 is 0.879 bits per heavy atom. The standard InChI is InChI=1S/C24H18F2N4O3/c25-18-12-10-16(11-13-18)14-27-22(31)21-23(32)29(15-17-6-4-5-9-20(17)26)24(33)30(28-21)19-7-2-1-3-8-19/h1-13H,14-15H2,(H,27,31). The van der Waals surface area contributed by atoms with E-state index in [-0.39, 0.29) is 18.7 Å². The summed E-state index contributed by atoms with van der Waals surface area (Å²) in [5.41, 5.74) is -1.25. The van der Waals surface area contributed by atoms with Crippen molar-refractivity contribution in [2.24, 2.45) is 0 Å². The van der Waals surface area contributed by atoms with Gasteiger partial charge < -0.3 is 5.32 Å². The zero-order valence-corrected chi connectivity index (χ0v) is 17.2. The zero-order valence-electron chi connectivity index (χ0n) is 17.2. The average Bonchev–Trinajstić information content (AvgIpc) is 2.83. The molecule has 3 aromatic carbocycles. The molecule has 0 spiro atoms. The van der Waals surface area contributed by atoms with Crippen molar-refractivity contribution < 1.29 is 13.6 Å². The number of carbonyl (C=O) groups excluding carboxylic acids is 1. The van der Waals surface area contributed by atoms with Crippen molar-refractivity contribution in [1.82, 2.24) is 19.7 Å². The lowest BCUT2D eigenvalue weighted by Crippen LogP contribution is -2.46. The van der Waals surface area contributed by atoms with E-state index in [2.05, 4.69) is 10.4 Å². The monoisotopic (exact) mass is 448 g/mol. The molecule has 0 bridgehead atoms. The Balaban J connectivity index is 1.76. The maximum atomic E-state index is 14.2. The van der Waals surface area contributed by atoms with Crippen molar-refractivity contribution in [1.29, 1.82) is 0 Å². The van der Waals surface area contributed by atoms with Gasteiger partial charge in [-0.25, -0.2) is 13.6 Å². The highest BCUT2D eigenvalue weighted by Crippen LogP contribution is 2.08. The maximum absolute atomic E-state index is 14.2. The fraction of sp³-hybridized carbons (Fsp3) is 0.0833. The topological polar surface area (TPSA) is 86.0 Å². The van der Waals surface area contributed by atoms with Crippen LogP contribution in [0, 0.1) is 11.6 Å². The van der Waals surface area contributed by atoms with Crippen LogP contribution in [-0.4, -0.2) is 20.3 Å². The van der Waals surface area contributed by atoms with Crippen LogP contribution in [0.25, 0.3) is 5.69 Å². The van der Waals surface area contributed by atoms with E-state index in [0.717, 1.165) is 9.25 Å². The summed E-state index contributed by atoms with van der Waals surface area (Å²) in [6.45, 7) is -0.365. The number of rotatable bonds is 6. The van der Waals surface area contributed by atoms with Crippen LogP contribution in [-0.2, 0) is 13.1 Å². The highest BCUT2D eigenvalue weighted by molar-refractivity contribution is 5.91. The highest BCUT2D eigenvalue weighted by Gasteiger charge is 2.21. The van der Waals surface area contributed by atoms with Gasteiger partial charge in [-0.15, -0.1) is 0 Å². The molecular weight excluding hydrogens is 430 g/mol. The zero-order chi connectivity index (χ0) is 23.4. The van der Waals surface area contributed by atoms with Crippen molar-refractivity contribution in [2.75, 3.05) is 0 Å². The molecule has 0 atom stereocenters. The second kappa shape index (κ2) is 9.39. The molecule has 0 saturated heterocycles. The van der Waals surface area contributed by atoms with Gasteiger partial charge in [0.05, 0.1) is 12.2 Å². The van der Waals surface area contributed by atoms with Crippen molar-refractivity contribution >= 4 is 5.91 Å². The number of hydrogen-bond donors (Lipinski definition) is 1. The van der Waals surface area contributed by atoms with Crippen LogP contribution in [0.1, 0.15) is 21.6 Å². The molecule has 0 aliphatic heterocycles. The number of carbonyl (C=O) groups is 1. The van der Waals surface area contributed by atoms with Gasteiger partial charge >= 0.3 is 5.69 Å². The number of amides is 1. The van der Waals surface area contributed by atoms with Crippen LogP contribution >= 0.6 is 0 Å². The van der Waals surface area contributed by atoms with E-state index in [1.807, 2.05) is 0 Å². The van der Waals surface area contributed by atoms with Crippen molar-refractivity contribution in [2.45, 2.75) is 13.1 Å². The van der Waals surface area contributed by atoms with E-state index in [1.165, 1.54) is 42.5 Å². The molecule has 33 heavy (non-hydrogen) atoms. The minimum Gasteiger partial charge on any atom is -0.346 e. The number of benzene rings is 3. The quantitative estimate of drug-likeness (QED) is 0.492. The maximum Gasteiger partial charge on any atom is 0.352 e. The van der Waals surface area contributed by atoms with Gasteiger partial charge in [0, 0.05) is 12.1 Å². The van der Waals surface area contributed by atoms with Gasteiger partial charge in [0.25, 0.3) is 11.5 Å². The van der Waals surface area contributed by atoms with Crippen molar-refractivity contribution in [3.8, 4) is 5.69 Å². The highest BCUT2D eigenvalue weighted by atomic mass is 19.1. The molecule has 1 aromatic heterocycles. The predicted molar refractivity (Wildman–Crippen MR) is 117 cm³/mol. The largest absolute Gasteiger partial charge is 0.352 e. The minimum atomic E-state index is -0.952. The first-order valence-corrected chi connectivity index (χ1v) is 9.99. The first kappa shape index (κ1) is 21.8. The lowest BCUT2D eigenvalue weighted by atomic mass is 10.2. The third-order valence-corrected chi connectivity index (χ3v) is 4.93. The molecule has 0 saturated carbocycles. The summed E-state index contributed by atoms with van der Waals surface area (Å²) in [5, 5.41) is 6.55. The van der Waals surface area contributed by atoms with Gasteiger partial charge in [-0.05, 0) is 35.9 Å². The van der Waals surface area contributed by atoms with Crippen LogP contribution in [0.15, 0.2) is 88.5 Å². The number of halogens is 2. The smallest absolute Gasteiger partial charge is 0.346 e. The van der Waals surface area contributed by atoms with Gasteiger partial charge in [0.15, 0.2) is 0 Å². The third kappa shape index (κ3) is 4.77. The van der Waals surface area contributed by atoms with Crippen LogP contribution < -0.4 is 16.6 Å².